The second-order valence-corrected chi connectivity index (χ2v) is 3.67. The molecule has 0 heterocycles. The van der Waals surface area contributed by atoms with E-state index in [1.54, 1.807) is 6.20 Å². The van der Waals surface area contributed by atoms with Crippen LogP contribution >= 0.6 is 0 Å². The Kier molecular flexibility index (Phi) is 5.31. The number of amides is 2. The van der Waals surface area contributed by atoms with Crippen LogP contribution in [0.3, 0.4) is 0 Å². The first-order valence-corrected chi connectivity index (χ1v) is 5.42. The van der Waals surface area contributed by atoms with E-state index >= 15 is 0 Å². The first kappa shape index (κ1) is 11.6. The van der Waals surface area contributed by atoms with E-state index in [1.165, 1.54) is 24.8 Å². The van der Waals surface area contributed by atoms with Gasteiger partial charge in [0.05, 0.1) is 12.5 Å². The Hall–Kier alpha value is -1.50. The van der Waals surface area contributed by atoms with Crippen LogP contribution in [-0.4, -0.2) is 12.6 Å². The van der Waals surface area contributed by atoms with Crippen LogP contribution in [-0.2, 0) is 0 Å². The van der Waals surface area contributed by atoms with Gasteiger partial charge >= 0.3 is 6.03 Å². The third-order valence-electron chi connectivity index (χ3n) is 2.43. The van der Waals surface area contributed by atoms with Crippen LogP contribution in [0, 0.1) is 11.3 Å². The lowest BCUT2D eigenvalue weighted by molar-refractivity contribution is 0.244. The molecule has 1 aliphatic rings. The summed E-state index contributed by atoms with van der Waals surface area (Å²) in [5.74, 6) is 0. The Morgan fingerprint density at radius 1 is 1.40 bits per heavy atom. The minimum atomic E-state index is -0.219. The second-order valence-electron chi connectivity index (χ2n) is 3.67. The number of nitriles is 1. The average molecular weight is 207 g/mol. The number of rotatable bonds is 3. The molecular formula is C11H17N3O. The molecule has 0 aromatic heterocycles. The summed E-state index contributed by atoms with van der Waals surface area (Å²) in [5, 5.41) is 13.6. The number of nitrogens with zero attached hydrogens (tertiary/aromatic N) is 1. The molecule has 1 rings (SSSR count). The second kappa shape index (κ2) is 6.88. The van der Waals surface area contributed by atoms with Crippen molar-refractivity contribution in [3.05, 3.63) is 11.8 Å². The summed E-state index contributed by atoms with van der Waals surface area (Å²) in [6.45, 7) is 0.408. The lowest BCUT2D eigenvalue weighted by Crippen LogP contribution is -2.33. The molecule has 0 aromatic rings. The van der Waals surface area contributed by atoms with Gasteiger partial charge in [-0.2, -0.15) is 5.26 Å². The molecule has 0 atom stereocenters. The van der Waals surface area contributed by atoms with Crippen LogP contribution in [0.4, 0.5) is 4.79 Å². The maximum absolute atomic E-state index is 11.2. The highest BCUT2D eigenvalue weighted by Crippen LogP contribution is 2.21. The molecule has 1 aliphatic carbocycles. The molecule has 0 unspecified atom stereocenters. The van der Waals surface area contributed by atoms with Gasteiger partial charge in [-0.25, -0.2) is 4.79 Å². The van der Waals surface area contributed by atoms with Gasteiger partial charge in [0.1, 0.15) is 0 Å². The third kappa shape index (κ3) is 5.06. The number of allylic oxidation sites excluding steroid dienone is 1. The Bertz CT molecular complexity index is 270. The monoisotopic (exact) mass is 207 g/mol. The van der Waals surface area contributed by atoms with E-state index in [4.69, 9.17) is 5.26 Å². The van der Waals surface area contributed by atoms with Gasteiger partial charge in [0.2, 0.25) is 0 Å². The number of carbonyl (C=O) groups excluding carboxylic acids is 1. The normalized spacial score (nSPS) is 15.3. The van der Waals surface area contributed by atoms with Crippen molar-refractivity contribution in [1.82, 2.24) is 10.6 Å². The van der Waals surface area contributed by atoms with Crippen molar-refractivity contribution in [2.75, 3.05) is 6.54 Å². The van der Waals surface area contributed by atoms with Crippen LogP contribution in [0.5, 0.6) is 0 Å². The van der Waals surface area contributed by atoms with Gasteiger partial charge in [0, 0.05) is 12.7 Å². The van der Waals surface area contributed by atoms with Gasteiger partial charge in [0.25, 0.3) is 0 Å². The van der Waals surface area contributed by atoms with Crippen molar-refractivity contribution in [2.45, 2.75) is 38.5 Å². The van der Waals surface area contributed by atoms with E-state index in [9.17, 15) is 4.79 Å². The van der Waals surface area contributed by atoms with Gasteiger partial charge in [-0.15, -0.1) is 0 Å². The van der Waals surface area contributed by atoms with Crippen molar-refractivity contribution in [2.24, 2.45) is 0 Å². The number of carbonyl (C=O) groups is 1. The summed E-state index contributed by atoms with van der Waals surface area (Å²) in [5.41, 5.74) is 1.32. The highest BCUT2D eigenvalue weighted by Gasteiger charge is 2.05. The Morgan fingerprint density at radius 3 is 2.80 bits per heavy atom. The van der Waals surface area contributed by atoms with Crippen molar-refractivity contribution in [3.8, 4) is 6.07 Å². The number of urea groups is 1. The minimum absolute atomic E-state index is 0.219. The topological polar surface area (TPSA) is 64.9 Å². The molecule has 0 radical (unpaired) electrons. The molecule has 0 bridgehead atoms. The fraction of sp³-hybridized carbons (Fsp3) is 0.636. The van der Waals surface area contributed by atoms with E-state index in [0.29, 0.717) is 13.0 Å². The molecule has 4 nitrogen and oxygen atoms in total. The molecule has 1 fully saturated rings. The van der Waals surface area contributed by atoms with E-state index in [2.05, 4.69) is 10.6 Å². The van der Waals surface area contributed by atoms with Gasteiger partial charge in [-0.3, -0.25) is 0 Å². The molecule has 82 valence electrons. The van der Waals surface area contributed by atoms with E-state index in [-0.39, 0.29) is 6.03 Å². The molecule has 2 N–H and O–H groups in total. The molecular weight excluding hydrogens is 190 g/mol. The van der Waals surface area contributed by atoms with E-state index < -0.39 is 0 Å². The molecule has 15 heavy (non-hydrogen) atoms. The van der Waals surface area contributed by atoms with E-state index in [0.717, 1.165) is 12.8 Å². The standard InChI is InChI=1S/C11H17N3O/c12-7-4-8-13-11(15)14-9-10-5-2-1-3-6-10/h9H,1-6,8H2,(H2,13,14,15). The summed E-state index contributed by atoms with van der Waals surface area (Å²) >= 11 is 0. The molecule has 1 saturated carbocycles. The summed E-state index contributed by atoms with van der Waals surface area (Å²) < 4.78 is 0. The summed E-state index contributed by atoms with van der Waals surface area (Å²) in [7, 11) is 0. The largest absolute Gasteiger partial charge is 0.337 e. The molecule has 2 amide bonds. The van der Waals surface area contributed by atoms with Gasteiger partial charge in [0.15, 0.2) is 0 Å². The van der Waals surface area contributed by atoms with Crippen LogP contribution in [0.25, 0.3) is 0 Å². The number of nitrogens with one attached hydrogen (secondary N) is 2. The predicted molar refractivity (Wildman–Crippen MR) is 57.9 cm³/mol. The Balaban J connectivity index is 2.17. The molecule has 4 heteroatoms. The quantitative estimate of drug-likeness (QED) is 0.695. The minimum Gasteiger partial charge on any atom is -0.337 e. The SMILES string of the molecule is N#CCCNC(=O)NC=C1CCCCC1. The lowest BCUT2D eigenvalue weighted by Gasteiger charge is -2.13. The summed E-state index contributed by atoms with van der Waals surface area (Å²) in [6, 6.07) is 1.75. The van der Waals surface area contributed by atoms with Gasteiger partial charge in [-0.05, 0) is 25.7 Å². The van der Waals surface area contributed by atoms with E-state index in [1.807, 2.05) is 6.07 Å². The zero-order chi connectivity index (χ0) is 10.9. The highest BCUT2D eigenvalue weighted by atomic mass is 16.2. The first-order valence-electron chi connectivity index (χ1n) is 5.42. The molecule has 0 aliphatic heterocycles. The Morgan fingerprint density at radius 2 is 2.13 bits per heavy atom. The average Bonchev–Trinajstić information content (AvgIpc) is 2.28. The van der Waals surface area contributed by atoms with Crippen LogP contribution in [0.15, 0.2) is 11.8 Å². The van der Waals surface area contributed by atoms with Gasteiger partial charge in [-0.1, -0.05) is 12.0 Å². The summed E-state index contributed by atoms with van der Waals surface area (Å²) in [4.78, 5) is 11.2. The maximum Gasteiger partial charge on any atom is 0.318 e. The molecule has 0 saturated heterocycles. The zero-order valence-electron chi connectivity index (χ0n) is 8.88. The number of hydrogen-bond acceptors (Lipinski definition) is 2. The molecule has 0 spiro atoms. The number of hydrogen-bond donors (Lipinski definition) is 2. The maximum atomic E-state index is 11.2. The van der Waals surface area contributed by atoms with Crippen molar-refractivity contribution >= 4 is 6.03 Å². The third-order valence-corrected chi connectivity index (χ3v) is 2.43. The molecule has 0 aromatic carbocycles. The smallest absolute Gasteiger partial charge is 0.318 e. The van der Waals surface area contributed by atoms with Crippen LogP contribution in [0.1, 0.15) is 38.5 Å². The lowest BCUT2D eigenvalue weighted by atomic mass is 9.96. The highest BCUT2D eigenvalue weighted by molar-refractivity contribution is 5.74. The van der Waals surface area contributed by atoms with Crippen LogP contribution < -0.4 is 10.6 Å². The predicted octanol–water partition coefficient (Wildman–Crippen LogP) is 2.05. The van der Waals surface area contributed by atoms with Crippen molar-refractivity contribution in [1.29, 1.82) is 5.26 Å². The fourth-order valence-electron chi connectivity index (χ4n) is 1.60. The first-order chi connectivity index (χ1) is 7.33. The Labute approximate surface area is 90.3 Å². The van der Waals surface area contributed by atoms with Gasteiger partial charge < -0.3 is 10.6 Å². The zero-order valence-corrected chi connectivity index (χ0v) is 8.88. The van der Waals surface area contributed by atoms with Crippen molar-refractivity contribution in [3.63, 3.8) is 0 Å². The summed E-state index contributed by atoms with van der Waals surface area (Å²) in [6.07, 6.45) is 8.10. The van der Waals surface area contributed by atoms with Crippen LogP contribution in [0.2, 0.25) is 0 Å². The van der Waals surface area contributed by atoms with Crippen molar-refractivity contribution < 1.29 is 4.79 Å². The fourth-order valence-corrected chi connectivity index (χ4v) is 1.60.